The Morgan fingerprint density at radius 3 is 2.68 bits per heavy atom. The summed E-state index contributed by atoms with van der Waals surface area (Å²) >= 11 is 1.36. The van der Waals surface area contributed by atoms with Crippen LogP contribution in [-0.2, 0) is 4.79 Å². The highest BCUT2D eigenvalue weighted by atomic mass is 32.1. The molecule has 1 aromatic carbocycles. The molecule has 3 rings (SSSR count). The Labute approximate surface area is 150 Å². The second-order valence-corrected chi connectivity index (χ2v) is 6.87. The number of piperazine rings is 1. The van der Waals surface area contributed by atoms with Gasteiger partial charge in [0.2, 0.25) is 5.91 Å². The van der Waals surface area contributed by atoms with Gasteiger partial charge in [0.15, 0.2) is 0 Å². The van der Waals surface area contributed by atoms with Crippen LogP contribution in [0.15, 0.2) is 35.7 Å². The lowest BCUT2D eigenvalue weighted by atomic mass is 10.2. The smallest absolute Gasteiger partial charge is 0.242 e. The van der Waals surface area contributed by atoms with Crippen molar-refractivity contribution < 1.29 is 9.90 Å². The van der Waals surface area contributed by atoms with Crippen molar-refractivity contribution in [3.63, 3.8) is 0 Å². The van der Waals surface area contributed by atoms with Crippen molar-refractivity contribution >= 4 is 27.9 Å². The molecular weight excluding hydrogens is 336 g/mol. The van der Waals surface area contributed by atoms with E-state index in [1.165, 1.54) is 11.3 Å². The number of aromatic hydroxyl groups is 1. The summed E-state index contributed by atoms with van der Waals surface area (Å²) in [6.07, 6.45) is 0. The number of hydrogen-bond donors (Lipinski definition) is 2. The molecule has 0 radical (unpaired) electrons. The zero-order valence-corrected chi connectivity index (χ0v) is 14.8. The highest BCUT2D eigenvalue weighted by molar-refractivity contribution is 7.14. The monoisotopic (exact) mass is 356 g/mol. The van der Waals surface area contributed by atoms with Crippen molar-refractivity contribution in [1.82, 2.24) is 4.90 Å². The van der Waals surface area contributed by atoms with E-state index in [2.05, 4.69) is 21.2 Å². The molecule has 1 aromatic heterocycles. The van der Waals surface area contributed by atoms with Crippen molar-refractivity contribution in [2.45, 2.75) is 13.0 Å². The number of nitriles is 1. The molecular formula is C18H20N4O2S. The molecule has 1 saturated heterocycles. The Kier molecular flexibility index (Phi) is 5.22. The fraction of sp³-hybridized carbons (Fsp3) is 0.333. The summed E-state index contributed by atoms with van der Waals surface area (Å²) in [4.78, 5) is 16.7. The van der Waals surface area contributed by atoms with Crippen molar-refractivity contribution in [2.75, 3.05) is 36.4 Å². The molecule has 1 aliphatic rings. The number of amides is 1. The van der Waals surface area contributed by atoms with Crippen LogP contribution in [0.4, 0.5) is 10.7 Å². The van der Waals surface area contributed by atoms with Gasteiger partial charge < -0.3 is 15.3 Å². The molecule has 1 fully saturated rings. The minimum atomic E-state index is -0.278. The number of para-hydroxylation sites is 2. The Morgan fingerprint density at radius 1 is 1.28 bits per heavy atom. The zero-order chi connectivity index (χ0) is 17.8. The predicted octanol–water partition coefficient (Wildman–Crippen LogP) is 2.47. The highest BCUT2D eigenvalue weighted by Gasteiger charge is 2.27. The number of nitrogens with one attached hydrogen (secondary N) is 1. The molecule has 0 bridgehead atoms. The largest absolute Gasteiger partial charge is 0.506 e. The summed E-state index contributed by atoms with van der Waals surface area (Å²) in [6.45, 7) is 4.84. The summed E-state index contributed by atoms with van der Waals surface area (Å²) < 4.78 is 0. The number of carbonyl (C=O) groups is 1. The summed E-state index contributed by atoms with van der Waals surface area (Å²) in [5.41, 5.74) is 1.33. The zero-order valence-electron chi connectivity index (χ0n) is 14.0. The topological polar surface area (TPSA) is 79.6 Å². The van der Waals surface area contributed by atoms with Crippen molar-refractivity contribution in [3.8, 4) is 11.8 Å². The molecule has 7 heteroatoms. The summed E-state index contributed by atoms with van der Waals surface area (Å²) in [7, 11) is 0. The van der Waals surface area contributed by atoms with Gasteiger partial charge in [0.25, 0.3) is 0 Å². The molecule has 1 amide bonds. The lowest BCUT2D eigenvalue weighted by Gasteiger charge is -2.38. The number of nitrogens with zero attached hydrogens (tertiary/aromatic N) is 3. The minimum Gasteiger partial charge on any atom is -0.506 e. The second kappa shape index (κ2) is 7.55. The highest BCUT2D eigenvalue weighted by Crippen LogP contribution is 2.27. The first-order chi connectivity index (χ1) is 12.1. The van der Waals surface area contributed by atoms with E-state index in [9.17, 15) is 9.90 Å². The molecule has 2 aromatic rings. The molecule has 0 spiro atoms. The molecule has 0 aliphatic carbocycles. The quantitative estimate of drug-likeness (QED) is 0.880. The number of phenolic OH excluding ortho intramolecular Hbond substituents is 1. The van der Waals surface area contributed by atoms with Crippen LogP contribution in [0.25, 0.3) is 0 Å². The van der Waals surface area contributed by atoms with Gasteiger partial charge >= 0.3 is 0 Å². The molecule has 6 nitrogen and oxygen atoms in total. The SMILES string of the molecule is C[C@H](C(=O)Nc1sccc1C#N)N1CCN(c2ccccc2O)CC1. The fourth-order valence-corrected chi connectivity index (χ4v) is 3.70. The normalized spacial score (nSPS) is 16.2. The number of benzene rings is 1. The first-order valence-electron chi connectivity index (χ1n) is 8.15. The molecule has 2 N–H and O–H groups in total. The van der Waals surface area contributed by atoms with Gasteiger partial charge in [-0.3, -0.25) is 9.69 Å². The van der Waals surface area contributed by atoms with Crippen molar-refractivity contribution in [1.29, 1.82) is 5.26 Å². The third kappa shape index (κ3) is 3.76. The van der Waals surface area contributed by atoms with Crippen molar-refractivity contribution in [2.24, 2.45) is 0 Å². The van der Waals surface area contributed by atoms with Gasteiger partial charge in [0.1, 0.15) is 16.8 Å². The van der Waals surface area contributed by atoms with E-state index in [0.717, 1.165) is 31.9 Å². The lowest BCUT2D eigenvalue weighted by molar-refractivity contribution is -0.120. The number of hydrogen-bond acceptors (Lipinski definition) is 6. The van der Waals surface area contributed by atoms with E-state index >= 15 is 0 Å². The van der Waals surface area contributed by atoms with Gasteiger partial charge in [-0.25, -0.2) is 0 Å². The molecule has 25 heavy (non-hydrogen) atoms. The van der Waals surface area contributed by atoms with Crippen LogP contribution in [0.2, 0.25) is 0 Å². The second-order valence-electron chi connectivity index (χ2n) is 5.95. The van der Waals surface area contributed by atoms with Gasteiger partial charge in [-0.1, -0.05) is 12.1 Å². The molecule has 130 valence electrons. The van der Waals surface area contributed by atoms with Crippen molar-refractivity contribution in [3.05, 3.63) is 41.3 Å². The first-order valence-corrected chi connectivity index (χ1v) is 9.03. The maximum atomic E-state index is 12.5. The van der Waals surface area contributed by atoms with Crippen LogP contribution in [0.3, 0.4) is 0 Å². The molecule has 1 atom stereocenters. The summed E-state index contributed by atoms with van der Waals surface area (Å²) in [5.74, 6) is 0.179. The third-order valence-electron chi connectivity index (χ3n) is 4.49. The third-order valence-corrected chi connectivity index (χ3v) is 5.32. The van der Waals surface area contributed by atoms with Gasteiger partial charge in [-0.05, 0) is 30.5 Å². The number of anilines is 2. The van der Waals surface area contributed by atoms with Gasteiger partial charge in [-0.2, -0.15) is 5.26 Å². The van der Waals surface area contributed by atoms with Crippen LogP contribution in [0.5, 0.6) is 5.75 Å². The van der Waals surface area contributed by atoms with Crippen LogP contribution in [0, 0.1) is 11.3 Å². The number of phenols is 1. The van der Waals surface area contributed by atoms with Gasteiger partial charge in [-0.15, -0.1) is 11.3 Å². The van der Waals surface area contributed by atoms with Crippen LogP contribution in [-0.4, -0.2) is 48.1 Å². The van der Waals surface area contributed by atoms with E-state index in [4.69, 9.17) is 5.26 Å². The first kappa shape index (κ1) is 17.3. The summed E-state index contributed by atoms with van der Waals surface area (Å²) in [5, 5.41) is 24.3. The lowest BCUT2D eigenvalue weighted by Crippen LogP contribution is -2.52. The fourth-order valence-electron chi connectivity index (χ4n) is 2.96. The molecule has 0 unspecified atom stereocenters. The minimum absolute atomic E-state index is 0.102. The maximum Gasteiger partial charge on any atom is 0.242 e. The number of carbonyl (C=O) groups excluding carboxylic acids is 1. The van der Waals surface area contributed by atoms with E-state index in [0.29, 0.717) is 10.6 Å². The van der Waals surface area contributed by atoms with E-state index in [1.807, 2.05) is 25.1 Å². The van der Waals surface area contributed by atoms with Gasteiger partial charge in [0.05, 0.1) is 17.3 Å². The van der Waals surface area contributed by atoms with E-state index < -0.39 is 0 Å². The average Bonchev–Trinajstić information content (AvgIpc) is 3.09. The molecule has 1 aliphatic heterocycles. The van der Waals surface area contributed by atoms with E-state index in [1.54, 1.807) is 17.5 Å². The van der Waals surface area contributed by atoms with Gasteiger partial charge in [0, 0.05) is 26.2 Å². The Balaban J connectivity index is 1.58. The molecule has 0 saturated carbocycles. The Hall–Kier alpha value is -2.56. The average molecular weight is 356 g/mol. The van der Waals surface area contributed by atoms with Crippen LogP contribution < -0.4 is 10.2 Å². The van der Waals surface area contributed by atoms with Crippen LogP contribution >= 0.6 is 11.3 Å². The Bertz CT molecular complexity index is 790. The van der Waals surface area contributed by atoms with E-state index in [-0.39, 0.29) is 17.7 Å². The number of rotatable bonds is 4. The maximum absolute atomic E-state index is 12.5. The van der Waals surface area contributed by atoms with Crippen LogP contribution in [0.1, 0.15) is 12.5 Å². The standard InChI is InChI=1S/C18H20N4O2S/c1-13(17(24)20-18-14(12-19)6-11-25-18)21-7-9-22(10-8-21)15-4-2-3-5-16(15)23/h2-6,11,13,23H,7-10H2,1H3,(H,20,24)/t13-/m1/s1. The predicted molar refractivity (Wildman–Crippen MR) is 99.0 cm³/mol. The summed E-state index contributed by atoms with van der Waals surface area (Å²) in [6, 6.07) is 10.8. The number of thiophene rings is 1. The Morgan fingerprint density at radius 2 is 2.00 bits per heavy atom. The molecule has 2 heterocycles.